The summed E-state index contributed by atoms with van der Waals surface area (Å²) >= 11 is 2.84. The molecule has 0 saturated heterocycles. The van der Waals surface area contributed by atoms with Gasteiger partial charge in [0.1, 0.15) is 12.0 Å². The monoisotopic (exact) mass is 479 g/mol. The summed E-state index contributed by atoms with van der Waals surface area (Å²) in [5, 5.41) is 7.66. The van der Waals surface area contributed by atoms with E-state index in [1.54, 1.807) is 49.8 Å². The lowest BCUT2D eigenvalue weighted by Gasteiger charge is -2.10. The Labute approximate surface area is 199 Å². The summed E-state index contributed by atoms with van der Waals surface area (Å²) in [7, 11) is 1.57. The number of rotatable bonds is 9. The normalized spacial score (nSPS) is 10.6. The zero-order valence-electron chi connectivity index (χ0n) is 17.7. The first-order chi connectivity index (χ1) is 16.1. The number of anilines is 1. The average molecular weight is 480 g/mol. The van der Waals surface area contributed by atoms with Crippen LogP contribution < -0.4 is 15.4 Å². The van der Waals surface area contributed by atoms with E-state index in [0.29, 0.717) is 28.6 Å². The van der Waals surface area contributed by atoms with E-state index in [1.807, 2.05) is 29.6 Å². The number of thiophene rings is 1. The number of ether oxygens (including phenoxy) is 1. The van der Waals surface area contributed by atoms with Gasteiger partial charge < -0.3 is 19.8 Å². The van der Waals surface area contributed by atoms with Crippen LogP contribution in [0.1, 0.15) is 16.1 Å². The molecule has 7 nitrogen and oxygen atoms in total. The van der Waals surface area contributed by atoms with Crippen molar-refractivity contribution < 1.29 is 18.7 Å². The van der Waals surface area contributed by atoms with Gasteiger partial charge in [-0.05, 0) is 35.7 Å². The third kappa shape index (κ3) is 6.03. The number of methoxy groups -OCH3 is 1. The fraction of sp³-hybridized carbons (Fsp3) is 0.125. The summed E-state index contributed by atoms with van der Waals surface area (Å²) in [6.07, 6.45) is 1.54. The SMILES string of the molecule is COc1cccc(NC(=O)CSc2ccccc2C(=O)NCc2coc(-c3cccs3)n2)c1. The molecule has 0 spiro atoms. The van der Waals surface area contributed by atoms with Crippen LogP contribution >= 0.6 is 23.1 Å². The largest absolute Gasteiger partial charge is 0.497 e. The molecule has 2 amide bonds. The minimum atomic E-state index is -0.244. The molecule has 0 aliphatic rings. The Balaban J connectivity index is 1.33. The van der Waals surface area contributed by atoms with Gasteiger partial charge in [0.2, 0.25) is 11.8 Å². The number of amides is 2. The van der Waals surface area contributed by atoms with Crippen molar-refractivity contribution in [2.45, 2.75) is 11.4 Å². The number of hydrogen-bond donors (Lipinski definition) is 2. The van der Waals surface area contributed by atoms with E-state index in [9.17, 15) is 9.59 Å². The van der Waals surface area contributed by atoms with E-state index < -0.39 is 0 Å². The molecule has 4 rings (SSSR count). The molecule has 33 heavy (non-hydrogen) atoms. The Bertz CT molecular complexity index is 1240. The maximum atomic E-state index is 12.8. The lowest BCUT2D eigenvalue weighted by molar-refractivity contribution is -0.113. The highest BCUT2D eigenvalue weighted by atomic mass is 32.2. The summed E-state index contributed by atoms with van der Waals surface area (Å²) in [5.74, 6) is 0.943. The molecule has 0 aliphatic carbocycles. The molecule has 0 fully saturated rings. The van der Waals surface area contributed by atoms with Crippen LogP contribution in [0.4, 0.5) is 5.69 Å². The number of oxazole rings is 1. The van der Waals surface area contributed by atoms with Gasteiger partial charge in [-0.2, -0.15) is 0 Å². The summed E-state index contributed by atoms with van der Waals surface area (Å²) in [5.41, 5.74) is 1.79. The van der Waals surface area contributed by atoms with Gasteiger partial charge in [-0.15, -0.1) is 23.1 Å². The number of nitrogens with one attached hydrogen (secondary N) is 2. The van der Waals surface area contributed by atoms with Crippen LogP contribution in [0.5, 0.6) is 5.75 Å². The molecule has 0 aliphatic heterocycles. The Morgan fingerprint density at radius 3 is 2.82 bits per heavy atom. The highest BCUT2D eigenvalue weighted by molar-refractivity contribution is 8.00. The van der Waals surface area contributed by atoms with E-state index in [1.165, 1.54) is 23.1 Å². The third-order valence-electron chi connectivity index (χ3n) is 4.56. The lowest BCUT2D eigenvalue weighted by atomic mass is 10.2. The van der Waals surface area contributed by atoms with Crippen molar-refractivity contribution >= 4 is 40.6 Å². The van der Waals surface area contributed by atoms with E-state index >= 15 is 0 Å². The number of carbonyl (C=O) groups excluding carboxylic acids is 2. The molecule has 4 aromatic rings. The van der Waals surface area contributed by atoms with E-state index in [4.69, 9.17) is 9.15 Å². The van der Waals surface area contributed by atoms with Crippen molar-refractivity contribution in [2.75, 3.05) is 18.2 Å². The van der Waals surface area contributed by atoms with Crippen molar-refractivity contribution in [1.29, 1.82) is 0 Å². The van der Waals surface area contributed by atoms with Gasteiger partial charge in [0, 0.05) is 16.6 Å². The first-order valence-corrected chi connectivity index (χ1v) is 11.9. The highest BCUT2D eigenvalue weighted by Gasteiger charge is 2.14. The van der Waals surface area contributed by atoms with Gasteiger partial charge in [0.25, 0.3) is 5.91 Å². The van der Waals surface area contributed by atoms with Gasteiger partial charge in [-0.1, -0.05) is 24.3 Å². The second kappa shape index (κ2) is 10.8. The van der Waals surface area contributed by atoms with Crippen LogP contribution in [0.2, 0.25) is 0 Å². The number of thioether (sulfide) groups is 1. The van der Waals surface area contributed by atoms with E-state index in [0.717, 1.165) is 9.77 Å². The number of nitrogens with zero attached hydrogens (tertiary/aromatic N) is 1. The molecule has 168 valence electrons. The molecule has 2 aromatic carbocycles. The van der Waals surface area contributed by atoms with Crippen LogP contribution in [0, 0.1) is 0 Å². The summed E-state index contributed by atoms with van der Waals surface area (Å²) in [6, 6.07) is 18.2. The predicted molar refractivity (Wildman–Crippen MR) is 130 cm³/mol. The van der Waals surface area contributed by atoms with Gasteiger partial charge >= 0.3 is 0 Å². The number of hydrogen-bond acceptors (Lipinski definition) is 7. The van der Waals surface area contributed by atoms with Crippen LogP contribution in [-0.4, -0.2) is 29.7 Å². The molecule has 0 bridgehead atoms. The number of benzene rings is 2. The molecule has 0 unspecified atom stereocenters. The molecule has 2 N–H and O–H groups in total. The summed E-state index contributed by atoms with van der Waals surface area (Å²) in [4.78, 5) is 31.2. The zero-order valence-corrected chi connectivity index (χ0v) is 19.4. The maximum absolute atomic E-state index is 12.8. The van der Waals surface area contributed by atoms with Crippen LogP contribution in [0.3, 0.4) is 0 Å². The smallest absolute Gasteiger partial charge is 0.252 e. The Morgan fingerprint density at radius 2 is 2.00 bits per heavy atom. The highest BCUT2D eigenvalue weighted by Crippen LogP contribution is 2.25. The summed E-state index contributed by atoms with van der Waals surface area (Å²) in [6.45, 7) is 0.239. The van der Waals surface area contributed by atoms with E-state index in [-0.39, 0.29) is 24.1 Å². The van der Waals surface area contributed by atoms with Crippen molar-refractivity contribution in [1.82, 2.24) is 10.3 Å². The topological polar surface area (TPSA) is 93.5 Å². The van der Waals surface area contributed by atoms with Gasteiger partial charge in [0.05, 0.1) is 35.5 Å². The van der Waals surface area contributed by atoms with E-state index in [2.05, 4.69) is 15.6 Å². The second-order valence-corrected chi connectivity index (χ2v) is 8.83. The molecule has 9 heteroatoms. The minimum Gasteiger partial charge on any atom is -0.497 e. The van der Waals surface area contributed by atoms with Gasteiger partial charge in [-0.25, -0.2) is 4.98 Å². The van der Waals surface area contributed by atoms with Crippen LogP contribution in [-0.2, 0) is 11.3 Å². The Hall–Kier alpha value is -3.56. The average Bonchev–Trinajstić information content (AvgIpc) is 3.54. The molecule has 2 aromatic heterocycles. The van der Waals surface area contributed by atoms with Crippen LogP contribution in [0.15, 0.2) is 81.6 Å². The lowest BCUT2D eigenvalue weighted by Crippen LogP contribution is -2.23. The zero-order chi connectivity index (χ0) is 23.0. The fourth-order valence-corrected chi connectivity index (χ4v) is 4.49. The van der Waals surface area contributed by atoms with Crippen molar-refractivity contribution in [2.24, 2.45) is 0 Å². The molecular weight excluding hydrogens is 458 g/mol. The number of aromatic nitrogens is 1. The molecule has 2 heterocycles. The van der Waals surface area contributed by atoms with Crippen molar-refractivity contribution in [3.8, 4) is 16.5 Å². The van der Waals surface area contributed by atoms with Crippen molar-refractivity contribution in [3.05, 3.63) is 83.6 Å². The summed E-state index contributed by atoms with van der Waals surface area (Å²) < 4.78 is 10.7. The van der Waals surface area contributed by atoms with Gasteiger partial charge in [-0.3, -0.25) is 9.59 Å². The molecule has 0 radical (unpaired) electrons. The fourth-order valence-electron chi connectivity index (χ4n) is 2.99. The molecular formula is C24H21N3O4S2. The standard InChI is InChI=1S/C24H21N3O4S2/c1-30-18-7-4-6-16(12-18)26-22(28)15-33-20-9-3-2-8-19(20)23(29)25-13-17-14-31-24(27-17)21-10-5-11-32-21/h2-12,14H,13,15H2,1H3,(H,25,29)(H,26,28). The third-order valence-corrected chi connectivity index (χ3v) is 6.49. The van der Waals surface area contributed by atoms with Crippen molar-refractivity contribution in [3.63, 3.8) is 0 Å². The predicted octanol–water partition coefficient (Wildman–Crippen LogP) is 5.07. The number of carbonyl (C=O) groups is 2. The molecule has 0 saturated carbocycles. The maximum Gasteiger partial charge on any atom is 0.252 e. The Kier molecular flexibility index (Phi) is 7.43. The minimum absolute atomic E-state index is 0.162. The van der Waals surface area contributed by atoms with Crippen LogP contribution in [0.25, 0.3) is 10.8 Å². The van der Waals surface area contributed by atoms with Gasteiger partial charge in [0.15, 0.2) is 0 Å². The molecule has 0 atom stereocenters. The Morgan fingerprint density at radius 1 is 1.12 bits per heavy atom. The second-order valence-electron chi connectivity index (χ2n) is 6.87. The first kappa shape index (κ1) is 22.6. The first-order valence-electron chi connectivity index (χ1n) is 10.0. The quantitative estimate of drug-likeness (QED) is 0.326.